The number of benzene rings is 1. The summed E-state index contributed by atoms with van der Waals surface area (Å²) >= 11 is 0. The largest absolute Gasteiger partial charge is 0.394 e. The number of amides is 1. The second kappa shape index (κ2) is 5.70. The van der Waals surface area contributed by atoms with Crippen LogP contribution in [0.4, 0.5) is 14.5 Å². The number of aliphatic hydroxyl groups is 1. The minimum Gasteiger partial charge on any atom is -0.394 e. The lowest BCUT2D eigenvalue weighted by molar-refractivity contribution is -0.387. The first-order valence-electron chi connectivity index (χ1n) is 5.31. The monoisotopic (exact) mass is 274 g/mol. The van der Waals surface area contributed by atoms with Crippen molar-refractivity contribution >= 4 is 11.6 Å². The number of hydrogen-bond donors (Lipinski definition) is 1. The normalized spacial score (nSPS) is 12.1. The number of nitro benzene ring substituents is 1. The highest BCUT2D eigenvalue weighted by atomic mass is 19.1. The van der Waals surface area contributed by atoms with Crippen LogP contribution in [0, 0.1) is 21.7 Å². The third kappa shape index (κ3) is 3.02. The summed E-state index contributed by atoms with van der Waals surface area (Å²) in [5, 5.41) is 19.4. The van der Waals surface area contributed by atoms with Gasteiger partial charge in [-0.3, -0.25) is 14.9 Å². The zero-order valence-corrected chi connectivity index (χ0v) is 10.3. The molecule has 19 heavy (non-hydrogen) atoms. The standard InChI is InChI=1S/C11H12F2N2O4/c1-6(5-16)14(2)11(17)8-3-7(12)4-9(10(8)13)15(18)19/h3-4,6,16H,5H2,1-2H3. The zero-order chi connectivity index (χ0) is 14.7. The summed E-state index contributed by atoms with van der Waals surface area (Å²) in [6.07, 6.45) is 0. The molecule has 1 unspecified atom stereocenters. The van der Waals surface area contributed by atoms with E-state index < -0.39 is 39.8 Å². The van der Waals surface area contributed by atoms with Gasteiger partial charge in [-0.2, -0.15) is 4.39 Å². The molecule has 0 fully saturated rings. The maximum absolute atomic E-state index is 13.8. The highest BCUT2D eigenvalue weighted by Crippen LogP contribution is 2.23. The summed E-state index contributed by atoms with van der Waals surface area (Å²) in [6.45, 7) is 1.12. The highest BCUT2D eigenvalue weighted by Gasteiger charge is 2.27. The predicted octanol–water partition coefficient (Wildman–Crippen LogP) is 1.33. The fraction of sp³-hybridized carbons (Fsp3) is 0.364. The lowest BCUT2D eigenvalue weighted by Gasteiger charge is -2.23. The number of rotatable bonds is 4. The van der Waals surface area contributed by atoms with Crippen LogP contribution in [0.3, 0.4) is 0 Å². The lowest BCUT2D eigenvalue weighted by Crippen LogP contribution is -2.37. The van der Waals surface area contributed by atoms with Gasteiger partial charge in [0.15, 0.2) is 0 Å². The van der Waals surface area contributed by atoms with Crippen molar-refractivity contribution in [2.45, 2.75) is 13.0 Å². The molecule has 1 atom stereocenters. The number of aliphatic hydroxyl groups excluding tert-OH is 1. The Balaban J connectivity index is 3.27. The van der Waals surface area contributed by atoms with Crippen LogP contribution in [0.2, 0.25) is 0 Å². The Labute approximate surface area is 107 Å². The number of hydrogen-bond acceptors (Lipinski definition) is 4. The van der Waals surface area contributed by atoms with Crippen molar-refractivity contribution < 1.29 is 23.6 Å². The molecule has 6 nitrogen and oxygen atoms in total. The molecule has 0 heterocycles. The SMILES string of the molecule is CC(CO)N(C)C(=O)c1cc(F)cc([N+](=O)[O-])c1F. The Hall–Kier alpha value is -2.09. The van der Waals surface area contributed by atoms with Crippen LogP contribution < -0.4 is 0 Å². The molecule has 1 aromatic carbocycles. The quantitative estimate of drug-likeness (QED) is 0.663. The van der Waals surface area contributed by atoms with E-state index in [1.807, 2.05) is 0 Å². The average Bonchev–Trinajstić information content (AvgIpc) is 2.37. The number of nitrogens with zero attached hydrogens (tertiary/aromatic N) is 2. The van der Waals surface area contributed by atoms with Crippen LogP contribution in [-0.2, 0) is 0 Å². The molecule has 0 saturated heterocycles. The molecule has 104 valence electrons. The Morgan fingerprint density at radius 1 is 1.53 bits per heavy atom. The summed E-state index contributed by atoms with van der Waals surface area (Å²) in [7, 11) is 1.28. The van der Waals surface area contributed by atoms with E-state index in [1.165, 1.54) is 14.0 Å². The molecule has 1 N–H and O–H groups in total. The molecule has 0 aliphatic rings. The minimum absolute atomic E-state index is 0.374. The molecule has 0 aliphatic carbocycles. The Morgan fingerprint density at radius 2 is 2.11 bits per heavy atom. The van der Waals surface area contributed by atoms with Crippen molar-refractivity contribution in [2.24, 2.45) is 0 Å². The van der Waals surface area contributed by atoms with Crippen molar-refractivity contribution in [2.75, 3.05) is 13.7 Å². The maximum Gasteiger partial charge on any atom is 0.308 e. The Morgan fingerprint density at radius 3 is 2.58 bits per heavy atom. The first kappa shape index (κ1) is 15.0. The van der Waals surface area contributed by atoms with Gasteiger partial charge in [0.1, 0.15) is 5.82 Å². The number of nitro groups is 1. The minimum atomic E-state index is -1.40. The third-order valence-corrected chi connectivity index (χ3v) is 2.69. The summed E-state index contributed by atoms with van der Waals surface area (Å²) in [4.78, 5) is 22.3. The van der Waals surface area contributed by atoms with Crippen molar-refractivity contribution in [1.29, 1.82) is 0 Å². The van der Waals surface area contributed by atoms with Crippen LogP contribution >= 0.6 is 0 Å². The molecular formula is C11H12F2N2O4. The van der Waals surface area contributed by atoms with Gasteiger partial charge in [-0.1, -0.05) is 0 Å². The van der Waals surface area contributed by atoms with Gasteiger partial charge in [0.05, 0.1) is 29.2 Å². The number of halogens is 2. The molecule has 1 aromatic rings. The van der Waals surface area contributed by atoms with Gasteiger partial charge in [-0.05, 0) is 13.0 Å². The molecule has 0 aliphatic heterocycles. The van der Waals surface area contributed by atoms with E-state index in [0.717, 1.165) is 4.90 Å². The second-order valence-electron chi connectivity index (χ2n) is 3.99. The summed E-state index contributed by atoms with van der Waals surface area (Å²) in [5.41, 5.74) is -1.84. The molecule has 1 amide bonds. The highest BCUT2D eigenvalue weighted by molar-refractivity contribution is 5.95. The number of likely N-dealkylation sites (N-methyl/N-ethyl adjacent to an activating group) is 1. The first-order chi connectivity index (χ1) is 8.79. The van der Waals surface area contributed by atoms with Gasteiger partial charge in [0.25, 0.3) is 5.91 Å². The van der Waals surface area contributed by atoms with E-state index in [-0.39, 0.29) is 6.61 Å². The van der Waals surface area contributed by atoms with Gasteiger partial charge < -0.3 is 10.0 Å². The van der Waals surface area contributed by atoms with E-state index in [1.54, 1.807) is 0 Å². The molecule has 0 radical (unpaired) electrons. The summed E-state index contributed by atoms with van der Waals surface area (Å²) in [5.74, 6) is -3.42. The van der Waals surface area contributed by atoms with Gasteiger partial charge >= 0.3 is 5.69 Å². The van der Waals surface area contributed by atoms with E-state index in [0.29, 0.717) is 12.1 Å². The summed E-state index contributed by atoms with van der Waals surface area (Å²) in [6, 6.07) is 0.363. The smallest absolute Gasteiger partial charge is 0.308 e. The van der Waals surface area contributed by atoms with E-state index in [2.05, 4.69) is 0 Å². The summed E-state index contributed by atoms with van der Waals surface area (Å²) < 4.78 is 26.9. The zero-order valence-electron chi connectivity index (χ0n) is 10.3. The molecule has 0 spiro atoms. The number of carbonyl (C=O) groups excluding carboxylic acids is 1. The van der Waals surface area contributed by atoms with Gasteiger partial charge in [-0.15, -0.1) is 0 Å². The topological polar surface area (TPSA) is 83.7 Å². The van der Waals surface area contributed by atoms with Crippen LogP contribution in [0.15, 0.2) is 12.1 Å². The molecule has 0 aromatic heterocycles. The van der Waals surface area contributed by atoms with Gasteiger partial charge in [0, 0.05) is 7.05 Å². The van der Waals surface area contributed by atoms with Gasteiger partial charge in [-0.25, -0.2) is 4.39 Å². The Kier molecular flexibility index (Phi) is 4.49. The van der Waals surface area contributed by atoms with Crippen molar-refractivity contribution in [3.63, 3.8) is 0 Å². The maximum atomic E-state index is 13.8. The second-order valence-corrected chi connectivity index (χ2v) is 3.99. The first-order valence-corrected chi connectivity index (χ1v) is 5.31. The van der Waals surface area contributed by atoms with Crippen molar-refractivity contribution in [3.05, 3.63) is 39.4 Å². The van der Waals surface area contributed by atoms with Crippen molar-refractivity contribution in [3.8, 4) is 0 Å². The van der Waals surface area contributed by atoms with Crippen LogP contribution in [0.25, 0.3) is 0 Å². The molecule has 1 rings (SSSR count). The molecular weight excluding hydrogens is 262 g/mol. The average molecular weight is 274 g/mol. The van der Waals surface area contributed by atoms with Gasteiger partial charge in [0.2, 0.25) is 5.82 Å². The Bertz CT molecular complexity index is 522. The van der Waals surface area contributed by atoms with Crippen LogP contribution in [0.5, 0.6) is 0 Å². The molecule has 0 bridgehead atoms. The van der Waals surface area contributed by atoms with Crippen LogP contribution in [0.1, 0.15) is 17.3 Å². The van der Waals surface area contributed by atoms with Crippen LogP contribution in [-0.4, -0.2) is 40.5 Å². The fourth-order valence-electron chi connectivity index (χ4n) is 1.38. The van der Waals surface area contributed by atoms with Crippen molar-refractivity contribution in [1.82, 2.24) is 4.90 Å². The third-order valence-electron chi connectivity index (χ3n) is 2.69. The fourth-order valence-corrected chi connectivity index (χ4v) is 1.38. The predicted molar refractivity (Wildman–Crippen MR) is 61.7 cm³/mol. The molecule has 8 heteroatoms. The van der Waals surface area contributed by atoms with E-state index >= 15 is 0 Å². The van der Waals surface area contributed by atoms with E-state index in [9.17, 15) is 23.7 Å². The van der Waals surface area contributed by atoms with E-state index in [4.69, 9.17) is 5.11 Å². The number of carbonyl (C=O) groups is 1. The lowest BCUT2D eigenvalue weighted by atomic mass is 10.1. The molecule has 0 saturated carbocycles.